The Morgan fingerprint density at radius 1 is 1.42 bits per heavy atom. The number of carbonyl (C=O) groups excluding carboxylic acids is 1. The quantitative estimate of drug-likeness (QED) is 0.585. The van der Waals surface area contributed by atoms with Crippen LogP contribution in [0.1, 0.15) is 11.3 Å². The predicted octanol–water partition coefficient (Wildman–Crippen LogP) is 3.10. The van der Waals surface area contributed by atoms with Crippen LogP contribution in [0, 0.1) is 18.3 Å². The van der Waals surface area contributed by atoms with Crippen molar-refractivity contribution in [1.82, 2.24) is 4.98 Å². The van der Waals surface area contributed by atoms with Crippen LogP contribution < -0.4 is 10.7 Å². The van der Waals surface area contributed by atoms with E-state index in [9.17, 15) is 14.9 Å². The van der Waals surface area contributed by atoms with Crippen molar-refractivity contribution in [1.29, 1.82) is 5.26 Å². The number of hydrogen-bond acceptors (Lipinski definition) is 6. The molecule has 3 aromatic rings. The molecule has 0 aliphatic heterocycles. The third-order valence-electron chi connectivity index (χ3n) is 3.21. The smallest absolute Gasteiger partial charge is 0.268 e. The third-order valence-corrected chi connectivity index (χ3v) is 4.09. The summed E-state index contributed by atoms with van der Waals surface area (Å²) in [6.45, 7) is 1.80. The van der Waals surface area contributed by atoms with E-state index in [1.54, 1.807) is 42.6 Å². The van der Waals surface area contributed by atoms with Gasteiger partial charge in [-0.25, -0.2) is 4.98 Å². The topological polar surface area (TPSA) is 96.0 Å². The van der Waals surface area contributed by atoms with Crippen LogP contribution in [-0.4, -0.2) is 10.9 Å². The molecule has 0 unspecified atom stereocenters. The number of benzene rings is 1. The predicted molar refractivity (Wildman–Crippen MR) is 91.6 cm³/mol. The Kier molecular flexibility index (Phi) is 4.22. The molecule has 0 spiro atoms. The second-order valence-corrected chi connectivity index (χ2v) is 5.79. The summed E-state index contributed by atoms with van der Waals surface area (Å²) in [6, 6.07) is 8.57. The molecule has 2 heterocycles. The first-order valence-corrected chi connectivity index (χ1v) is 7.82. The Balaban J connectivity index is 1.96. The molecule has 118 valence electrons. The van der Waals surface area contributed by atoms with Crippen LogP contribution in [0.2, 0.25) is 0 Å². The summed E-state index contributed by atoms with van der Waals surface area (Å²) < 4.78 is 5.37. The van der Waals surface area contributed by atoms with E-state index in [0.717, 1.165) is 5.69 Å². The average Bonchev–Trinajstić information content (AvgIpc) is 2.99. The van der Waals surface area contributed by atoms with Gasteiger partial charge in [0.25, 0.3) is 5.91 Å². The second kappa shape index (κ2) is 6.48. The number of amides is 1. The van der Waals surface area contributed by atoms with Gasteiger partial charge in [0.05, 0.1) is 16.6 Å². The van der Waals surface area contributed by atoms with Gasteiger partial charge in [-0.3, -0.25) is 14.9 Å². The van der Waals surface area contributed by atoms with E-state index in [0.29, 0.717) is 16.1 Å². The van der Waals surface area contributed by atoms with Gasteiger partial charge in [0, 0.05) is 5.38 Å². The summed E-state index contributed by atoms with van der Waals surface area (Å²) >= 11 is 1.26. The molecule has 3 rings (SSSR count). The van der Waals surface area contributed by atoms with E-state index in [2.05, 4.69) is 10.3 Å². The fourth-order valence-corrected chi connectivity index (χ4v) is 2.76. The van der Waals surface area contributed by atoms with Crippen LogP contribution in [-0.2, 0) is 4.79 Å². The first kappa shape index (κ1) is 15.6. The largest absolute Gasteiger partial charge is 0.463 e. The number of rotatable bonds is 3. The summed E-state index contributed by atoms with van der Waals surface area (Å²) in [5.41, 5.74) is 0.845. The number of carbonyl (C=O) groups is 1. The first-order valence-electron chi connectivity index (χ1n) is 6.94. The number of nitrogens with one attached hydrogen (secondary N) is 1. The van der Waals surface area contributed by atoms with Crippen molar-refractivity contribution in [2.75, 3.05) is 5.32 Å². The number of para-hydroxylation sites is 1. The second-order valence-electron chi connectivity index (χ2n) is 4.93. The van der Waals surface area contributed by atoms with Gasteiger partial charge in [0.15, 0.2) is 10.6 Å². The van der Waals surface area contributed by atoms with E-state index in [1.807, 2.05) is 0 Å². The van der Waals surface area contributed by atoms with Crippen LogP contribution in [0.5, 0.6) is 0 Å². The molecule has 0 saturated carbocycles. The Labute approximate surface area is 140 Å². The summed E-state index contributed by atoms with van der Waals surface area (Å²) in [7, 11) is 0. The van der Waals surface area contributed by atoms with Crippen molar-refractivity contribution in [3.8, 4) is 6.07 Å². The fraction of sp³-hybridized carbons (Fsp3) is 0.0588. The molecule has 0 atom stereocenters. The molecule has 0 radical (unpaired) electrons. The van der Waals surface area contributed by atoms with Gasteiger partial charge in [-0.15, -0.1) is 11.3 Å². The lowest BCUT2D eigenvalue weighted by Gasteiger charge is -2.01. The minimum absolute atomic E-state index is 0.135. The summed E-state index contributed by atoms with van der Waals surface area (Å²) in [6.07, 6.45) is 2.46. The maximum Gasteiger partial charge on any atom is 0.268 e. The van der Waals surface area contributed by atoms with Crippen LogP contribution >= 0.6 is 11.3 Å². The maximum absolute atomic E-state index is 12.4. The molecule has 24 heavy (non-hydrogen) atoms. The van der Waals surface area contributed by atoms with Gasteiger partial charge in [-0.2, -0.15) is 5.26 Å². The third kappa shape index (κ3) is 3.09. The van der Waals surface area contributed by atoms with Gasteiger partial charge < -0.3 is 4.42 Å². The normalized spacial score (nSPS) is 11.2. The number of hydrogen-bond donors (Lipinski definition) is 1. The molecule has 0 aliphatic carbocycles. The van der Waals surface area contributed by atoms with Crippen molar-refractivity contribution in [2.45, 2.75) is 6.92 Å². The van der Waals surface area contributed by atoms with E-state index < -0.39 is 5.91 Å². The monoisotopic (exact) mass is 337 g/mol. The lowest BCUT2D eigenvalue weighted by atomic mass is 10.1. The van der Waals surface area contributed by atoms with E-state index in [-0.39, 0.29) is 16.6 Å². The highest BCUT2D eigenvalue weighted by molar-refractivity contribution is 7.13. The number of nitrogens with zero attached hydrogens (tertiary/aromatic N) is 2. The number of fused-ring (bicyclic) bond motifs is 1. The number of thiazole rings is 1. The zero-order valence-corrected chi connectivity index (χ0v) is 13.4. The van der Waals surface area contributed by atoms with Crippen molar-refractivity contribution < 1.29 is 9.21 Å². The van der Waals surface area contributed by atoms with Crippen LogP contribution in [0.15, 0.2) is 50.7 Å². The first-order chi connectivity index (χ1) is 11.6. The molecule has 0 saturated heterocycles. The Hall–Kier alpha value is -3.24. The van der Waals surface area contributed by atoms with E-state index >= 15 is 0 Å². The minimum Gasteiger partial charge on any atom is -0.463 e. The van der Waals surface area contributed by atoms with E-state index in [1.165, 1.54) is 23.7 Å². The SMILES string of the molecule is Cc1csc(NC(=O)/C(C#N)=C\c2coc3ccccc3c2=O)n1. The standard InChI is InChI=1S/C17H11N3O3S/c1-10-9-24-17(19-10)20-16(22)11(7-18)6-12-8-23-14-5-3-2-4-13(14)15(12)21/h2-6,8-9H,1H3,(H,19,20,22)/b11-6-. The molecule has 0 aliphatic rings. The van der Waals surface area contributed by atoms with Gasteiger partial charge >= 0.3 is 0 Å². The number of aromatic nitrogens is 1. The number of nitriles is 1. The summed E-state index contributed by atoms with van der Waals surface area (Å²) in [4.78, 5) is 28.7. The van der Waals surface area contributed by atoms with Gasteiger partial charge in [-0.1, -0.05) is 12.1 Å². The highest BCUT2D eigenvalue weighted by atomic mass is 32.1. The molecular weight excluding hydrogens is 326 g/mol. The molecule has 0 bridgehead atoms. The van der Waals surface area contributed by atoms with E-state index in [4.69, 9.17) is 4.42 Å². The van der Waals surface area contributed by atoms with Crippen LogP contribution in [0.4, 0.5) is 5.13 Å². The maximum atomic E-state index is 12.4. The molecule has 1 amide bonds. The van der Waals surface area contributed by atoms with Gasteiger partial charge in [0.1, 0.15) is 23.5 Å². The minimum atomic E-state index is -0.626. The van der Waals surface area contributed by atoms with Gasteiger partial charge in [-0.05, 0) is 25.1 Å². The molecule has 2 aromatic heterocycles. The number of anilines is 1. The zero-order chi connectivity index (χ0) is 17.1. The Morgan fingerprint density at radius 3 is 2.92 bits per heavy atom. The Bertz CT molecular complexity index is 1060. The summed E-state index contributed by atoms with van der Waals surface area (Å²) in [5.74, 6) is -0.626. The van der Waals surface area contributed by atoms with Crippen LogP contribution in [0.25, 0.3) is 17.0 Å². The molecule has 1 N–H and O–H groups in total. The number of aryl methyl sites for hydroxylation is 1. The fourth-order valence-electron chi connectivity index (χ4n) is 2.07. The molecule has 7 heteroatoms. The van der Waals surface area contributed by atoms with Crippen molar-refractivity contribution in [2.24, 2.45) is 0 Å². The van der Waals surface area contributed by atoms with Crippen molar-refractivity contribution >= 4 is 39.4 Å². The Morgan fingerprint density at radius 2 is 2.21 bits per heavy atom. The van der Waals surface area contributed by atoms with Crippen molar-refractivity contribution in [3.63, 3.8) is 0 Å². The van der Waals surface area contributed by atoms with Crippen molar-refractivity contribution in [3.05, 3.63) is 63.0 Å². The lowest BCUT2D eigenvalue weighted by molar-refractivity contribution is -0.112. The highest BCUT2D eigenvalue weighted by Gasteiger charge is 2.13. The summed E-state index contributed by atoms with van der Waals surface area (Å²) in [5, 5.41) is 14.3. The van der Waals surface area contributed by atoms with Crippen LogP contribution in [0.3, 0.4) is 0 Å². The molecule has 0 fully saturated rings. The zero-order valence-electron chi connectivity index (χ0n) is 12.6. The molecular formula is C17H11N3O3S. The highest BCUT2D eigenvalue weighted by Crippen LogP contribution is 2.16. The lowest BCUT2D eigenvalue weighted by Crippen LogP contribution is -2.14. The van der Waals surface area contributed by atoms with Gasteiger partial charge in [0.2, 0.25) is 0 Å². The molecule has 1 aromatic carbocycles. The average molecular weight is 337 g/mol. The molecule has 6 nitrogen and oxygen atoms in total.